The van der Waals surface area contributed by atoms with Crippen LogP contribution in [0, 0.1) is 10.1 Å². The number of non-ortho nitro benzene ring substituents is 1. The Morgan fingerprint density at radius 3 is 2.69 bits per heavy atom. The van der Waals surface area contributed by atoms with Crippen molar-refractivity contribution < 1.29 is 4.92 Å². The molecule has 0 amide bonds. The summed E-state index contributed by atoms with van der Waals surface area (Å²) < 4.78 is 0. The fraction of sp³-hybridized carbons (Fsp3) is 0.455. The maximum atomic E-state index is 10.5. The molecular formula is C11H15N3O2. The third-order valence-electron chi connectivity index (χ3n) is 3.00. The number of rotatable bonds is 2. The summed E-state index contributed by atoms with van der Waals surface area (Å²) in [6.07, 6.45) is 0. The first-order valence-electron chi connectivity index (χ1n) is 5.34. The average molecular weight is 221 g/mol. The third kappa shape index (κ3) is 2.20. The highest BCUT2D eigenvalue weighted by atomic mass is 16.6. The van der Waals surface area contributed by atoms with Gasteiger partial charge in [-0.2, -0.15) is 0 Å². The van der Waals surface area contributed by atoms with Gasteiger partial charge in [0, 0.05) is 37.8 Å². The van der Waals surface area contributed by atoms with E-state index < -0.39 is 0 Å². The van der Waals surface area contributed by atoms with Crippen molar-refractivity contribution in [1.82, 2.24) is 10.2 Å². The lowest BCUT2D eigenvalue weighted by atomic mass is 10.0. The second-order valence-corrected chi connectivity index (χ2v) is 4.05. The molecule has 1 saturated heterocycles. The minimum absolute atomic E-state index is 0.148. The summed E-state index contributed by atoms with van der Waals surface area (Å²) >= 11 is 0. The van der Waals surface area contributed by atoms with Gasteiger partial charge in [-0.15, -0.1) is 0 Å². The molecule has 5 nitrogen and oxygen atoms in total. The molecule has 0 aromatic heterocycles. The summed E-state index contributed by atoms with van der Waals surface area (Å²) in [5.41, 5.74) is 1.27. The van der Waals surface area contributed by atoms with Crippen LogP contribution in [0.3, 0.4) is 0 Å². The highest BCUT2D eigenvalue weighted by Gasteiger charge is 2.20. The smallest absolute Gasteiger partial charge is 0.269 e. The van der Waals surface area contributed by atoms with Gasteiger partial charge in [-0.25, -0.2) is 0 Å². The molecule has 0 saturated carbocycles. The zero-order valence-electron chi connectivity index (χ0n) is 9.22. The molecule has 1 aliphatic heterocycles. The topological polar surface area (TPSA) is 58.4 Å². The molecule has 0 aliphatic carbocycles. The molecule has 1 fully saturated rings. The normalized spacial score (nSPS) is 21.9. The van der Waals surface area contributed by atoms with E-state index in [1.807, 2.05) is 12.1 Å². The number of likely N-dealkylation sites (N-methyl/N-ethyl adjacent to an activating group) is 1. The third-order valence-corrected chi connectivity index (χ3v) is 3.00. The SMILES string of the molecule is CN1CCNCC1c1ccc([N+](=O)[O-])cc1. The minimum atomic E-state index is -0.368. The zero-order valence-corrected chi connectivity index (χ0v) is 9.22. The number of nitro benzene ring substituents is 1. The lowest BCUT2D eigenvalue weighted by Gasteiger charge is -2.33. The van der Waals surface area contributed by atoms with Gasteiger partial charge < -0.3 is 5.32 Å². The Bertz CT molecular complexity index is 377. The van der Waals surface area contributed by atoms with Gasteiger partial charge in [0.05, 0.1) is 4.92 Å². The molecule has 1 aliphatic rings. The number of hydrogen-bond donors (Lipinski definition) is 1. The lowest BCUT2D eigenvalue weighted by molar-refractivity contribution is -0.384. The molecule has 0 radical (unpaired) electrons. The van der Waals surface area contributed by atoms with E-state index in [9.17, 15) is 10.1 Å². The summed E-state index contributed by atoms with van der Waals surface area (Å²) in [4.78, 5) is 12.4. The lowest BCUT2D eigenvalue weighted by Crippen LogP contribution is -2.43. The van der Waals surface area contributed by atoms with Gasteiger partial charge in [0.25, 0.3) is 5.69 Å². The van der Waals surface area contributed by atoms with Crippen LogP contribution in [0.15, 0.2) is 24.3 Å². The molecule has 1 atom stereocenters. The van der Waals surface area contributed by atoms with Gasteiger partial charge in [0.2, 0.25) is 0 Å². The Kier molecular flexibility index (Phi) is 3.17. The van der Waals surface area contributed by atoms with E-state index in [-0.39, 0.29) is 10.6 Å². The fourth-order valence-corrected chi connectivity index (χ4v) is 2.00. The van der Waals surface area contributed by atoms with Crippen molar-refractivity contribution in [2.24, 2.45) is 0 Å². The Labute approximate surface area is 94.2 Å². The number of benzene rings is 1. The second kappa shape index (κ2) is 4.59. The molecule has 5 heteroatoms. The van der Waals surface area contributed by atoms with E-state index in [2.05, 4.69) is 17.3 Å². The molecule has 16 heavy (non-hydrogen) atoms. The summed E-state index contributed by atoms with van der Waals surface area (Å²) in [5.74, 6) is 0. The van der Waals surface area contributed by atoms with Gasteiger partial charge in [0.1, 0.15) is 0 Å². The molecule has 1 aromatic carbocycles. The predicted octanol–water partition coefficient (Wildman–Crippen LogP) is 1.17. The van der Waals surface area contributed by atoms with Crippen LogP contribution in [0.5, 0.6) is 0 Å². The molecule has 1 N–H and O–H groups in total. The van der Waals surface area contributed by atoms with E-state index in [1.165, 1.54) is 0 Å². The van der Waals surface area contributed by atoms with Crippen LogP contribution in [0.2, 0.25) is 0 Å². The van der Waals surface area contributed by atoms with E-state index in [0.29, 0.717) is 6.04 Å². The maximum absolute atomic E-state index is 10.5. The van der Waals surface area contributed by atoms with Crippen molar-refractivity contribution in [3.8, 4) is 0 Å². The second-order valence-electron chi connectivity index (χ2n) is 4.05. The van der Waals surface area contributed by atoms with Crippen molar-refractivity contribution in [1.29, 1.82) is 0 Å². The van der Waals surface area contributed by atoms with Crippen LogP contribution < -0.4 is 5.32 Å². The largest absolute Gasteiger partial charge is 0.314 e. The van der Waals surface area contributed by atoms with Gasteiger partial charge in [-0.3, -0.25) is 15.0 Å². The predicted molar refractivity (Wildman–Crippen MR) is 61.3 cm³/mol. The molecule has 2 rings (SSSR count). The molecule has 1 unspecified atom stereocenters. The zero-order chi connectivity index (χ0) is 11.5. The minimum Gasteiger partial charge on any atom is -0.314 e. The number of nitrogens with one attached hydrogen (secondary N) is 1. The van der Waals surface area contributed by atoms with Crippen LogP contribution in [-0.4, -0.2) is 36.5 Å². The molecule has 1 aromatic rings. The van der Waals surface area contributed by atoms with Crippen LogP contribution in [-0.2, 0) is 0 Å². The quantitative estimate of drug-likeness (QED) is 0.601. The van der Waals surface area contributed by atoms with E-state index in [0.717, 1.165) is 25.2 Å². The van der Waals surface area contributed by atoms with Crippen molar-refractivity contribution in [3.63, 3.8) is 0 Å². The Morgan fingerprint density at radius 1 is 1.44 bits per heavy atom. The molecule has 86 valence electrons. The standard InChI is InChI=1S/C11H15N3O2/c1-13-7-6-12-8-11(13)9-2-4-10(5-3-9)14(15)16/h2-5,11-12H,6-8H2,1H3. The van der Waals surface area contributed by atoms with Crippen molar-refractivity contribution in [2.75, 3.05) is 26.7 Å². The van der Waals surface area contributed by atoms with Crippen LogP contribution in [0.4, 0.5) is 5.69 Å². The highest BCUT2D eigenvalue weighted by molar-refractivity contribution is 5.34. The van der Waals surface area contributed by atoms with Crippen molar-refractivity contribution in [2.45, 2.75) is 6.04 Å². The van der Waals surface area contributed by atoms with Gasteiger partial charge in [0.15, 0.2) is 0 Å². The number of piperazine rings is 1. The number of nitrogens with zero attached hydrogens (tertiary/aromatic N) is 2. The summed E-state index contributed by atoms with van der Waals surface area (Å²) in [7, 11) is 2.08. The van der Waals surface area contributed by atoms with Crippen LogP contribution in [0.25, 0.3) is 0 Å². The Balaban J connectivity index is 2.17. The maximum Gasteiger partial charge on any atom is 0.269 e. The molecule has 0 bridgehead atoms. The average Bonchev–Trinajstić information content (AvgIpc) is 2.30. The van der Waals surface area contributed by atoms with Crippen LogP contribution in [0.1, 0.15) is 11.6 Å². The monoisotopic (exact) mass is 221 g/mol. The van der Waals surface area contributed by atoms with Crippen molar-refractivity contribution in [3.05, 3.63) is 39.9 Å². The van der Waals surface area contributed by atoms with Gasteiger partial charge >= 0.3 is 0 Å². The summed E-state index contributed by atoms with van der Waals surface area (Å²) in [5, 5.41) is 13.9. The van der Waals surface area contributed by atoms with E-state index in [4.69, 9.17) is 0 Å². The first-order chi connectivity index (χ1) is 7.68. The first kappa shape index (κ1) is 11.0. The molecular weight excluding hydrogens is 206 g/mol. The van der Waals surface area contributed by atoms with Crippen LogP contribution >= 0.6 is 0 Å². The van der Waals surface area contributed by atoms with Crippen molar-refractivity contribution >= 4 is 5.69 Å². The number of hydrogen-bond acceptors (Lipinski definition) is 4. The Hall–Kier alpha value is -1.46. The fourth-order valence-electron chi connectivity index (χ4n) is 2.00. The first-order valence-corrected chi connectivity index (χ1v) is 5.34. The summed E-state index contributed by atoms with van der Waals surface area (Å²) in [6.45, 7) is 2.90. The van der Waals surface area contributed by atoms with E-state index in [1.54, 1.807) is 12.1 Å². The molecule has 1 heterocycles. The van der Waals surface area contributed by atoms with Gasteiger partial charge in [-0.05, 0) is 12.6 Å². The summed E-state index contributed by atoms with van der Waals surface area (Å²) in [6, 6.07) is 7.13. The number of nitro groups is 1. The van der Waals surface area contributed by atoms with E-state index >= 15 is 0 Å². The Morgan fingerprint density at radius 2 is 2.12 bits per heavy atom. The van der Waals surface area contributed by atoms with Gasteiger partial charge in [-0.1, -0.05) is 12.1 Å². The highest BCUT2D eigenvalue weighted by Crippen LogP contribution is 2.22. The molecule has 0 spiro atoms.